The zero-order valence-corrected chi connectivity index (χ0v) is 9.94. The van der Waals surface area contributed by atoms with Crippen LogP contribution >= 0.6 is 0 Å². The molecule has 0 radical (unpaired) electrons. The third kappa shape index (κ3) is 2.58. The van der Waals surface area contributed by atoms with Crippen LogP contribution in [0.15, 0.2) is 18.2 Å². The number of anilines is 1. The number of nitrogen functional groups attached to an aromatic ring is 1. The van der Waals surface area contributed by atoms with Gasteiger partial charge in [-0.2, -0.15) is 0 Å². The van der Waals surface area contributed by atoms with Gasteiger partial charge in [0.2, 0.25) is 0 Å². The molecule has 4 nitrogen and oxygen atoms in total. The molecule has 4 N–H and O–H groups in total. The van der Waals surface area contributed by atoms with Gasteiger partial charge >= 0.3 is 5.97 Å². The number of benzene rings is 1. The highest BCUT2D eigenvalue weighted by Gasteiger charge is 2.26. The first kappa shape index (κ1) is 11.9. The van der Waals surface area contributed by atoms with Gasteiger partial charge in [-0.05, 0) is 48.9 Å². The van der Waals surface area contributed by atoms with Crippen molar-refractivity contribution in [2.75, 3.05) is 12.3 Å². The van der Waals surface area contributed by atoms with E-state index in [1.54, 1.807) is 0 Å². The molecule has 1 aromatic carbocycles. The molecule has 1 fully saturated rings. The lowest BCUT2D eigenvalue weighted by Gasteiger charge is -2.28. The van der Waals surface area contributed by atoms with Crippen molar-refractivity contribution in [3.63, 3.8) is 0 Å². The van der Waals surface area contributed by atoms with Crippen molar-refractivity contribution in [3.8, 4) is 0 Å². The molecule has 0 saturated carbocycles. The van der Waals surface area contributed by atoms with Gasteiger partial charge < -0.3 is 16.2 Å². The van der Waals surface area contributed by atoms with Crippen LogP contribution < -0.4 is 11.1 Å². The Morgan fingerprint density at radius 2 is 2.24 bits per heavy atom. The number of carbonyl (C=O) groups is 1. The lowest BCUT2D eigenvalue weighted by molar-refractivity contribution is -0.140. The van der Waals surface area contributed by atoms with E-state index in [-0.39, 0.29) is 0 Å². The van der Waals surface area contributed by atoms with E-state index in [0.717, 1.165) is 12.1 Å². The number of aliphatic carboxylic acids is 1. The van der Waals surface area contributed by atoms with Crippen molar-refractivity contribution in [2.45, 2.75) is 31.7 Å². The Labute approximate surface area is 101 Å². The Bertz CT molecular complexity index is 423. The minimum absolute atomic E-state index is 0.370. The van der Waals surface area contributed by atoms with Crippen LogP contribution in [0.5, 0.6) is 0 Å². The first-order valence-electron chi connectivity index (χ1n) is 5.90. The molecule has 1 aliphatic rings. The van der Waals surface area contributed by atoms with Crippen LogP contribution in [-0.2, 0) is 4.79 Å². The van der Waals surface area contributed by atoms with Crippen LogP contribution in [0.3, 0.4) is 0 Å². The van der Waals surface area contributed by atoms with Gasteiger partial charge in [0, 0.05) is 12.2 Å². The quantitative estimate of drug-likeness (QED) is 0.678. The summed E-state index contributed by atoms with van der Waals surface area (Å²) in [6.45, 7) is 2.78. The van der Waals surface area contributed by atoms with E-state index in [4.69, 9.17) is 10.8 Å². The molecule has 0 aromatic heterocycles. The van der Waals surface area contributed by atoms with E-state index in [2.05, 4.69) is 12.2 Å². The standard InChI is InChI=1S/C13H18N2O2/c1-8-2-4-10(14)6-11(8)9-3-5-12(13(16)17)15-7-9/h2,4,6,9,12,15H,3,5,7,14H2,1H3,(H,16,17). The molecule has 2 rings (SSSR count). The lowest BCUT2D eigenvalue weighted by atomic mass is 9.86. The fourth-order valence-electron chi connectivity index (χ4n) is 2.43. The maximum atomic E-state index is 10.8. The predicted molar refractivity (Wildman–Crippen MR) is 67.0 cm³/mol. The van der Waals surface area contributed by atoms with E-state index >= 15 is 0 Å². The molecule has 0 amide bonds. The van der Waals surface area contributed by atoms with E-state index < -0.39 is 12.0 Å². The smallest absolute Gasteiger partial charge is 0.320 e. The normalized spacial score (nSPS) is 24.5. The van der Waals surface area contributed by atoms with Crippen LogP contribution in [0.1, 0.15) is 29.9 Å². The molecule has 4 heteroatoms. The summed E-state index contributed by atoms with van der Waals surface area (Å²) in [5.41, 5.74) is 9.02. The zero-order chi connectivity index (χ0) is 12.4. The Morgan fingerprint density at radius 1 is 1.47 bits per heavy atom. The summed E-state index contributed by atoms with van der Waals surface area (Å²) in [4.78, 5) is 10.8. The van der Waals surface area contributed by atoms with Crippen LogP contribution in [-0.4, -0.2) is 23.7 Å². The Balaban J connectivity index is 2.10. The zero-order valence-electron chi connectivity index (χ0n) is 9.94. The summed E-state index contributed by atoms with van der Waals surface area (Å²) in [7, 11) is 0. The van der Waals surface area contributed by atoms with Crippen molar-refractivity contribution < 1.29 is 9.90 Å². The molecule has 2 atom stereocenters. The third-order valence-electron chi connectivity index (χ3n) is 3.46. The van der Waals surface area contributed by atoms with Gasteiger partial charge in [-0.25, -0.2) is 0 Å². The van der Waals surface area contributed by atoms with Crippen molar-refractivity contribution in [2.24, 2.45) is 0 Å². The first-order valence-corrected chi connectivity index (χ1v) is 5.90. The number of hydrogen-bond acceptors (Lipinski definition) is 3. The summed E-state index contributed by atoms with van der Waals surface area (Å²) in [5, 5.41) is 12.0. The number of hydrogen-bond donors (Lipinski definition) is 3. The fourth-order valence-corrected chi connectivity index (χ4v) is 2.43. The minimum atomic E-state index is -0.757. The second-order valence-corrected chi connectivity index (χ2v) is 4.69. The van der Waals surface area contributed by atoms with E-state index in [0.29, 0.717) is 18.9 Å². The summed E-state index contributed by atoms with van der Waals surface area (Å²) in [6, 6.07) is 5.53. The van der Waals surface area contributed by atoms with Crippen LogP contribution in [0.2, 0.25) is 0 Å². The second kappa shape index (κ2) is 4.75. The molecule has 2 unspecified atom stereocenters. The van der Waals surface area contributed by atoms with Gasteiger partial charge in [-0.1, -0.05) is 6.07 Å². The second-order valence-electron chi connectivity index (χ2n) is 4.69. The van der Waals surface area contributed by atoms with Crippen LogP contribution in [0, 0.1) is 6.92 Å². The number of nitrogens with one attached hydrogen (secondary N) is 1. The van der Waals surface area contributed by atoms with Crippen molar-refractivity contribution in [1.82, 2.24) is 5.32 Å². The molecule has 17 heavy (non-hydrogen) atoms. The number of carboxylic acid groups (broad SMARTS) is 1. The number of rotatable bonds is 2. The SMILES string of the molecule is Cc1ccc(N)cc1C1CCC(C(=O)O)NC1. The Morgan fingerprint density at radius 3 is 2.82 bits per heavy atom. The molecule has 0 spiro atoms. The van der Waals surface area contributed by atoms with Crippen molar-refractivity contribution >= 4 is 11.7 Å². The van der Waals surface area contributed by atoms with Gasteiger partial charge in [-0.3, -0.25) is 4.79 Å². The van der Waals surface area contributed by atoms with Crippen LogP contribution in [0.4, 0.5) is 5.69 Å². The van der Waals surface area contributed by atoms with E-state index in [1.807, 2.05) is 18.2 Å². The first-order chi connectivity index (χ1) is 8.08. The number of aryl methyl sites for hydroxylation is 1. The Hall–Kier alpha value is -1.55. The molecular weight excluding hydrogens is 216 g/mol. The highest BCUT2D eigenvalue weighted by atomic mass is 16.4. The maximum absolute atomic E-state index is 10.8. The average Bonchev–Trinajstić information content (AvgIpc) is 2.32. The summed E-state index contributed by atoms with van der Waals surface area (Å²) in [5.74, 6) is -0.387. The molecule has 0 aliphatic carbocycles. The Kier molecular flexibility index (Phi) is 3.33. The lowest BCUT2D eigenvalue weighted by Crippen LogP contribution is -2.43. The van der Waals surface area contributed by atoms with Crippen molar-refractivity contribution in [1.29, 1.82) is 0 Å². The number of nitrogens with two attached hydrogens (primary N) is 1. The van der Waals surface area contributed by atoms with E-state index in [9.17, 15) is 4.79 Å². The van der Waals surface area contributed by atoms with Gasteiger partial charge in [0.05, 0.1) is 0 Å². The fraction of sp³-hybridized carbons (Fsp3) is 0.462. The molecule has 92 valence electrons. The van der Waals surface area contributed by atoms with Gasteiger partial charge in [-0.15, -0.1) is 0 Å². The van der Waals surface area contributed by atoms with Gasteiger partial charge in [0.25, 0.3) is 0 Å². The van der Waals surface area contributed by atoms with Crippen LogP contribution in [0.25, 0.3) is 0 Å². The minimum Gasteiger partial charge on any atom is -0.480 e. The largest absolute Gasteiger partial charge is 0.480 e. The molecule has 1 aliphatic heterocycles. The third-order valence-corrected chi connectivity index (χ3v) is 3.46. The molecule has 1 saturated heterocycles. The van der Waals surface area contributed by atoms with Crippen molar-refractivity contribution in [3.05, 3.63) is 29.3 Å². The molecule has 1 heterocycles. The monoisotopic (exact) mass is 234 g/mol. The predicted octanol–water partition coefficient (Wildman–Crippen LogP) is 1.50. The highest BCUT2D eigenvalue weighted by Crippen LogP contribution is 2.29. The van der Waals surface area contributed by atoms with E-state index in [1.165, 1.54) is 11.1 Å². The number of piperidine rings is 1. The molecular formula is C13H18N2O2. The average molecular weight is 234 g/mol. The summed E-state index contributed by atoms with van der Waals surface area (Å²) >= 11 is 0. The molecule has 0 bridgehead atoms. The van der Waals surface area contributed by atoms with Gasteiger partial charge in [0.15, 0.2) is 0 Å². The molecule has 1 aromatic rings. The summed E-state index contributed by atoms with van der Waals surface area (Å²) in [6.07, 6.45) is 1.57. The van der Waals surface area contributed by atoms with Gasteiger partial charge in [0.1, 0.15) is 6.04 Å². The number of carboxylic acids is 1. The highest BCUT2D eigenvalue weighted by molar-refractivity contribution is 5.73. The maximum Gasteiger partial charge on any atom is 0.320 e. The topological polar surface area (TPSA) is 75.4 Å². The summed E-state index contributed by atoms with van der Waals surface area (Å²) < 4.78 is 0.